The van der Waals surface area contributed by atoms with E-state index in [0.29, 0.717) is 13.1 Å². The maximum Gasteiger partial charge on any atom is 0.251 e. The summed E-state index contributed by atoms with van der Waals surface area (Å²) in [5, 5.41) is 5.32. The fourth-order valence-electron chi connectivity index (χ4n) is 1.50. The number of halogens is 1. The van der Waals surface area contributed by atoms with E-state index in [9.17, 15) is 14.0 Å². The van der Waals surface area contributed by atoms with E-state index >= 15 is 0 Å². The predicted octanol–water partition coefficient (Wildman–Crippen LogP) is 0.477. The monoisotopic (exact) mass is 251 g/mol. The third-order valence-electron chi connectivity index (χ3n) is 2.65. The van der Waals surface area contributed by atoms with Crippen LogP contribution in [0.5, 0.6) is 0 Å². The number of nitrogens with zero attached hydrogens (tertiary/aromatic N) is 1. The molecule has 0 atom stereocenters. The van der Waals surface area contributed by atoms with Crippen molar-refractivity contribution in [3.8, 4) is 0 Å². The van der Waals surface area contributed by atoms with Gasteiger partial charge in [-0.25, -0.2) is 4.98 Å². The molecule has 0 radical (unpaired) electrons. The summed E-state index contributed by atoms with van der Waals surface area (Å²) < 4.78 is 12.8. The molecule has 2 N–H and O–H groups in total. The number of aromatic nitrogens is 1. The topological polar surface area (TPSA) is 71.1 Å². The van der Waals surface area contributed by atoms with Gasteiger partial charge in [0.1, 0.15) is 0 Å². The Balaban J connectivity index is 1.69. The second-order valence-electron chi connectivity index (χ2n) is 4.19. The van der Waals surface area contributed by atoms with Crippen molar-refractivity contribution in [1.29, 1.82) is 0 Å². The Morgan fingerprint density at radius 3 is 2.72 bits per heavy atom. The molecule has 96 valence electrons. The van der Waals surface area contributed by atoms with E-state index in [1.807, 2.05) is 0 Å². The molecule has 0 spiro atoms. The quantitative estimate of drug-likeness (QED) is 0.590. The number of hydrogen-bond donors (Lipinski definition) is 2. The van der Waals surface area contributed by atoms with Gasteiger partial charge in [0.15, 0.2) is 0 Å². The summed E-state index contributed by atoms with van der Waals surface area (Å²) in [4.78, 5) is 26.2. The average Bonchev–Trinajstić information content (AvgIpc) is 3.18. The summed E-state index contributed by atoms with van der Waals surface area (Å²) in [5.74, 6) is -0.865. The second-order valence-corrected chi connectivity index (χ2v) is 4.19. The van der Waals surface area contributed by atoms with Gasteiger partial charge < -0.3 is 10.6 Å². The summed E-state index contributed by atoms with van der Waals surface area (Å²) in [7, 11) is 0. The lowest BCUT2D eigenvalue weighted by atomic mass is 10.2. The van der Waals surface area contributed by atoms with Gasteiger partial charge >= 0.3 is 0 Å². The molecular weight excluding hydrogens is 237 g/mol. The maximum absolute atomic E-state index is 12.8. The first-order valence-electron chi connectivity index (χ1n) is 5.84. The maximum atomic E-state index is 12.8. The van der Waals surface area contributed by atoms with Crippen LogP contribution >= 0.6 is 0 Å². The van der Waals surface area contributed by atoms with Gasteiger partial charge in [-0.2, -0.15) is 4.39 Å². The molecule has 5 nitrogen and oxygen atoms in total. The lowest BCUT2D eigenvalue weighted by molar-refractivity contribution is -0.122. The zero-order valence-corrected chi connectivity index (χ0v) is 9.78. The molecule has 1 aliphatic rings. The molecule has 2 rings (SSSR count). The number of carbonyl (C=O) groups excluding carboxylic acids is 2. The first-order valence-corrected chi connectivity index (χ1v) is 5.84. The van der Waals surface area contributed by atoms with Crippen molar-refractivity contribution in [3.63, 3.8) is 0 Å². The van der Waals surface area contributed by atoms with Gasteiger partial charge in [-0.3, -0.25) is 9.59 Å². The molecule has 1 aromatic heterocycles. The van der Waals surface area contributed by atoms with E-state index in [2.05, 4.69) is 15.6 Å². The molecular formula is C12H14FN3O2. The van der Waals surface area contributed by atoms with Crippen LogP contribution in [-0.2, 0) is 4.79 Å². The SMILES string of the molecule is O=C(NCCNC(=O)C1CC1)c1ccnc(F)c1. The Labute approximate surface area is 104 Å². The van der Waals surface area contributed by atoms with Gasteiger partial charge in [0.25, 0.3) is 5.91 Å². The highest BCUT2D eigenvalue weighted by Gasteiger charge is 2.28. The third kappa shape index (κ3) is 3.51. The Bertz CT molecular complexity index is 460. The molecule has 0 unspecified atom stereocenters. The van der Waals surface area contributed by atoms with Crippen molar-refractivity contribution < 1.29 is 14.0 Å². The molecule has 6 heteroatoms. The minimum absolute atomic E-state index is 0.0409. The van der Waals surface area contributed by atoms with E-state index in [4.69, 9.17) is 0 Å². The molecule has 1 saturated carbocycles. The molecule has 18 heavy (non-hydrogen) atoms. The summed E-state index contributed by atoms with van der Waals surface area (Å²) in [6, 6.07) is 2.50. The normalized spacial score (nSPS) is 14.1. The number of carbonyl (C=O) groups is 2. The molecule has 0 saturated heterocycles. The number of pyridine rings is 1. The molecule has 1 heterocycles. The minimum Gasteiger partial charge on any atom is -0.354 e. The van der Waals surface area contributed by atoms with E-state index in [-0.39, 0.29) is 23.3 Å². The second kappa shape index (κ2) is 5.57. The smallest absolute Gasteiger partial charge is 0.251 e. The Hall–Kier alpha value is -1.98. The van der Waals surface area contributed by atoms with Crippen LogP contribution in [0.15, 0.2) is 18.3 Å². The highest BCUT2D eigenvalue weighted by molar-refractivity contribution is 5.94. The predicted molar refractivity (Wildman–Crippen MR) is 62.3 cm³/mol. The fourth-order valence-corrected chi connectivity index (χ4v) is 1.50. The molecule has 1 aliphatic carbocycles. The average molecular weight is 251 g/mol. The Kier molecular flexibility index (Phi) is 3.86. The molecule has 0 aliphatic heterocycles. The minimum atomic E-state index is -0.690. The van der Waals surface area contributed by atoms with Crippen LogP contribution in [-0.4, -0.2) is 29.9 Å². The van der Waals surface area contributed by atoms with Crippen molar-refractivity contribution in [2.24, 2.45) is 5.92 Å². The van der Waals surface area contributed by atoms with Gasteiger partial charge in [-0.15, -0.1) is 0 Å². The molecule has 0 aromatic carbocycles. The van der Waals surface area contributed by atoms with Crippen LogP contribution in [0.3, 0.4) is 0 Å². The highest BCUT2D eigenvalue weighted by atomic mass is 19.1. The van der Waals surface area contributed by atoms with Crippen molar-refractivity contribution in [2.75, 3.05) is 13.1 Å². The van der Waals surface area contributed by atoms with E-state index in [0.717, 1.165) is 18.9 Å². The highest BCUT2D eigenvalue weighted by Crippen LogP contribution is 2.28. The van der Waals surface area contributed by atoms with Gasteiger partial charge in [0.2, 0.25) is 11.9 Å². The summed E-state index contributed by atoms with van der Waals surface area (Å²) >= 11 is 0. The van der Waals surface area contributed by atoms with Gasteiger partial charge in [-0.05, 0) is 18.9 Å². The Morgan fingerprint density at radius 2 is 2.06 bits per heavy atom. The first kappa shape index (κ1) is 12.5. The van der Waals surface area contributed by atoms with Crippen molar-refractivity contribution in [3.05, 3.63) is 29.8 Å². The number of hydrogen-bond acceptors (Lipinski definition) is 3. The zero-order valence-electron chi connectivity index (χ0n) is 9.78. The summed E-state index contributed by atoms with van der Waals surface area (Å²) in [6.07, 6.45) is 3.14. The van der Waals surface area contributed by atoms with Crippen LogP contribution in [0.25, 0.3) is 0 Å². The van der Waals surface area contributed by atoms with E-state index in [1.54, 1.807) is 0 Å². The Morgan fingerprint density at radius 1 is 1.33 bits per heavy atom. The molecule has 0 bridgehead atoms. The van der Waals surface area contributed by atoms with E-state index in [1.165, 1.54) is 12.3 Å². The van der Waals surface area contributed by atoms with Crippen molar-refractivity contribution in [1.82, 2.24) is 15.6 Å². The largest absolute Gasteiger partial charge is 0.354 e. The lowest BCUT2D eigenvalue weighted by Gasteiger charge is -2.06. The van der Waals surface area contributed by atoms with Crippen molar-refractivity contribution >= 4 is 11.8 Å². The van der Waals surface area contributed by atoms with Crippen LogP contribution in [0.1, 0.15) is 23.2 Å². The summed E-state index contributed by atoms with van der Waals surface area (Å²) in [5.41, 5.74) is 0.219. The number of rotatable bonds is 5. The first-order chi connectivity index (χ1) is 8.66. The van der Waals surface area contributed by atoms with Gasteiger partial charge in [0, 0.05) is 36.8 Å². The van der Waals surface area contributed by atoms with Crippen LogP contribution in [0.4, 0.5) is 4.39 Å². The van der Waals surface area contributed by atoms with Crippen LogP contribution in [0.2, 0.25) is 0 Å². The standard InChI is InChI=1S/C12H14FN3O2/c13-10-7-9(3-4-14-10)12(18)16-6-5-15-11(17)8-1-2-8/h3-4,7-8H,1-2,5-6H2,(H,15,17)(H,16,18). The molecule has 1 fully saturated rings. The van der Waals surface area contributed by atoms with E-state index < -0.39 is 5.95 Å². The zero-order chi connectivity index (χ0) is 13.0. The van der Waals surface area contributed by atoms with Crippen LogP contribution < -0.4 is 10.6 Å². The number of amides is 2. The van der Waals surface area contributed by atoms with Crippen molar-refractivity contribution in [2.45, 2.75) is 12.8 Å². The number of nitrogens with one attached hydrogen (secondary N) is 2. The van der Waals surface area contributed by atoms with Gasteiger partial charge in [0.05, 0.1) is 0 Å². The van der Waals surface area contributed by atoms with Gasteiger partial charge in [-0.1, -0.05) is 0 Å². The summed E-state index contributed by atoms with van der Waals surface area (Å²) in [6.45, 7) is 0.704. The third-order valence-corrected chi connectivity index (χ3v) is 2.65. The molecule has 2 amide bonds. The lowest BCUT2D eigenvalue weighted by Crippen LogP contribution is -2.35. The van der Waals surface area contributed by atoms with Crippen LogP contribution in [0, 0.1) is 11.9 Å². The fraction of sp³-hybridized carbons (Fsp3) is 0.417. The molecule has 1 aromatic rings.